The highest BCUT2D eigenvalue weighted by Crippen LogP contribution is 2.31. The highest BCUT2D eigenvalue weighted by atomic mass is 79.9. The van der Waals surface area contributed by atoms with Crippen LogP contribution in [0.5, 0.6) is 0 Å². The normalized spacial score (nSPS) is 10.3. The minimum atomic E-state index is -1.05. The predicted molar refractivity (Wildman–Crippen MR) is 75.9 cm³/mol. The molecule has 0 amide bonds. The Morgan fingerprint density at radius 1 is 1.37 bits per heavy atom. The molecule has 5 nitrogen and oxygen atoms in total. The molecule has 0 spiro atoms. The number of hydrogen-bond donors (Lipinski definition) is 1. The van der Waals surface area contributed by atoms with E-state index >= 15 is 0 Å². The first-order valence-corrected chi connectivity index (χ1v) is 6.35. The topological polar surface area (TPSA) is 66.3 Å². The molecule has 0 unspecified atom stereocenters. The second-order valence-corrected chi connectivity index (χ2v) is 4.82. The average Bonchev–Trinajstić information content (AvgIpc) is 2.38. The van der Waals surface area contributed by atoms with E-state index < -0.39 is 5.97 Å². The van der Waals surface area contributed by atoms with Crippen LogP contribution in [-0.2, 0) is 0 Å². The van der Waals surface area contributed by atoms with Crippen LogP contribution in [0.1, 0.15) is 16.2 Å². The van der Waals surface area contributed by atoms with Crippen molar-refractivity contribution in [3.63, 3.8) is 0 Å². The monoisotopic (exact) mass is 321 g/mol. The number of carboxylic acids is 1. The van der Waals surface area contributed by atoms with Gasteiger partial charge >= 0.3 is 5.97 Å². The molecule has 0 atom stereocenters. The number of aryl methyl sites for hydroxylation is 1. The van der Waals surface area contributed by atoms with Crippen molar-refractivity contribution < 1.29 is 9.90 Å². The molecule has 0 aliphatic rings. The third kappa shape index (κ3) is 2.73. The Balaban J connectivity index is 2.55. The van der Waals surface area contributed by atoms with Crippen molar-refractivity contribution in [2.45, 2.75) is 6.92 Å². The van der Waals surface area contributed by atoms with Gasteiger partial charge in [-0.25, -0.2) is 14.8 Å². The molecular formula is C13H12BrN3O2. The van der Waals surface area contributed by atoms with Crippen molar-refractivity contribution in [1.29, 1.82) is 0 Å². The van der Waals surface area contributed by atoms with Gasteiger partial charge in [-0.2, -0.15) is 0 Å². The molecule has 0 radical (unpaired) electrons. The summed E-state index contributed by atoms with van der Waals surface area (Å²) < 4.78 is 0.866. The lowest BCUT2D eigenvalue weighted by atomic mass is 10.2. The van der Waals surface area contributed by atoms with E-state index in [0.717, 1.165) is 10.2 Å². The van der Waals surface area contributed by atoms with E-state index in [2.05, 4.69) is 25.9 Å². The number of aromatic carboxylic acids is 1. The van der Waals surface area contributed by atoms with Crippen molar-refractivity contribution >= 4 is 33.4 Å². The Hall–Kier alpha value is -1.95. The van der Waals surface area contributed by atoms with Crippen LogP contribution in [0.15, 0.2) is 34.9 Å². The van der Waals surface area contributed by atoms with Crippen LogP contribution in [0.3, 0.4) is 0 Å². The zero-order valence-corrected chi connectivity index (χ0v) is 12.0. The quantitative estimate of drug-likeness (QED) is 0.941. The van der Waals surface area contributed by atoms with Crippen molar-refractivity contribution in [2.75, 3.05) is 11.9 Å². The summed E-state index contributed by atoms with van der Waals surface area (Å²) in [6.07, 6.45) is 1.33. The molecule has 6 heteroatoms. The van der Waals surface area contributed by atoms with Gasteiger partial charge in [-0.1, -0.05) is 12.1 Å². The molecule has 98 valence electrons. The van der Waals surface area contributed by atoms with Gasteiger partial charge in [-0.3, -0.25) is 0 Å². The minimum Gasteiger partial charge on any atom is -0.477 e. The van der Waals surface area contributed by atoms with Crippen LogP contribution in [0.25, 0.3) is 0 Å². The standard InChI is InChI=1S/C13H12BrN3O2/c1-8-15-7-9(13(18)19)12(16-8)17(2)11-6-4-3-5-10(11)14/h3-7H,1-2H3,(H,18,19). The maximum atomic E-state index is 11.2. The molecule has 19 heavy (non-hydrogen) atoms. The van der Waals surface area contributed by atoms with Crippen LogP contribution in [0.4, 0.5) is 11.5 Å². The molecular weight excluding hydrogens is 310 g/mol. The van der Waals surface area contributed by atoms with Gasteiger partial charge in [-0.05, 0) is 35.0 Å². The molecule has 1 N–H and O–H groups in total. The van der Waals surface area contributed by atoms with E-state index in [-0.39, 0.29) is 5.56 Å². The number of para-hydroxylation sites is 1. The molecule has 0 saturated heterocycles. The second-order valence-electron chi connectivity index (χ2n) is 3.97. The van der Waals surface area contributed by atoms with Crippen LogP contribution < -0.4 is 4.90 Å². The molecule has 0 fully saturated rings. The number of anilines is 2. The highest BCUT2D eigenvalue weighted by molar-refractivity contribution is 9.10. The Kier molecular flexibility index (Phi) is 3.80. The lowest BCUT2D eigenvalue weighted by Gasteiger charge is -2.21. The zero-order chi connectivity index (χ0) is 14.0. The molecule has 0 aliphatic carbocycles. The summed E-state index contributed by atoms with van der Waals surface area (Å²) >= 11 is 3.44. The van der Waals surface area contributed by atoms with Crippen LogP contribution in [0, 0.1) is 6.92 Å². The molecule has 1 aromatic heterocycles. The van der Waals surface area contributed by atoms with Gasteiger partial charge < -0.3 is 10.0 Å². The van der Waals surface area contributed by atoms with Crippen molar-refractivity contribution in [2.24, 2.45) is 0 Å². The first kappa shape index (κ1) is 13.5. The molecule has 2 aromatic rings. The first-order chi connectivity index (χ1) is 9.00. The summed E-state index contributed by atoms with van der Waals surface area (Å²) in [7, 11) is 1.77. The smallest absolute Gasteiger partial charge is 0.341 e. The summed E-state index contributed by atoms with van der Waals surface area (Å²) in [4.78, 5) is 21.1. The Bertz CT molecular complexity index is 631. The third-order valence-electron chi connectivity index (χ3n) is 2.65. The maximum absolute atomic E-state index is 11.2. The fourth-order valence-electron chi connectivity index (χ4n) is 1.70. The van der Waals surface area contributed by atoms with Gasteiger partial charge in [-0.15, -0.1) is 0 Å². The molecule has 0 saturated carbocycles. The number of rotatable bonds is 3. The molecule has 0 bridgehead atoms. The number of carboxylic acid groups (broad SMARTS) is 1. The predicted octanol–water partition coefficient (Wildman–Crippen LogP) is 3.01. The van der Waals surface area contributed by atoms with E-state index in [1.807, 2.05) is 24.3 Å². The van der Waals surface area contributed by atoms with E-state index in [1.165, 1.54) is 6.20 Å². The lowest BCUT2D eigenvalue weighted by molar-refractivity contribution is 0.0697. The Morgan fingerprint density at radius 3 is 2.68 bits per heavy atom. The SMILES string of the molecule is Cc1ncc(C(=O)O)c(N(C)c2ccccc2Br)n1. The van der Waals surface area contributed by atoms with Crippen LogP contribution >= 0.6 is 15.9 Å². The average molecular weight is 322 g/mol. The molecule has 2 rings (SSSR count). The van der Waals surface area contributed by atoms with Gasteiger partial charge in [0, 0.05) is 17.7 Å². The third-order valence-corrected chi connectivity index (χ3v) is 3.32. The first-order valence-electron chi connectivity index (χ1n) is 5.56. The van der Waals surface area contributed by atoms with Gasteiger partial charge in [0.05, 0.1) is 5.69 Å². The fourth-order valence-corrected chi connectivity index (χ4v) is 2.25. The van der Waals surface area contributed by atoms with E-state index in [9.17, 15) is 9.90 Å². The second kappa shape index (κ2) is 5.36. The largest absolute Gasteiger partial charge is 0.477 e. The van der Waals surface area contributed by atoms with E-state index in [4.69, 9.17) is 0 Å². The number of aromatic nitrogens is 2. The number of benzene rings is 1. The summed E-state index contributed by atoms with van der Waals surface area (Å²) in [5.74, 6) is -0.153. The summed E-state index contributed by atoms with van der Waals surface area (Å²) in [6.45, 7) is 1.73. The molecule has 0 aliphatic heterocycles. The van der Waals surface area contributed by atoms with Gasteiger partial charge in [0.2, 0.25) is 0 Å². The lowest BCUT2D eigenvalue weighted by Crippen LogP contribution is -2.17. The number of halogens is 1. The van der Waals surface area contributed by atoms with Crippen molar-refractivity contribution in [1.82, 2.24) is 9.97 Å². The van der Waals surface area contributed by atoms with Crippen LogP contribution in [-0.4, -0.2) is 28.1 Å². The van der Waals surface area contributed by atoms with Crippen molar-refractivity contribution in [3.05, 3.63) is 46.3 Å². The Morgan fingerprint density at radius 2 is 2.05 bits per heavy atom. The highest BCUT2D eigenvalue weighted by Gasteiger charge is 2.18. The van der Waals surface area contributed by atoms with E-state index in [1.54, 1.807) is 18.9 Å². The summed E-state index contributed by atoms with van der Waals surface area (Å²) in [6, 6.07) is 7.54. The summed E-state index contributed by atoms with van der Waals surface area (Å²) in [5.41, 5.74) is 0.909. The molecule has 1 heterocycles. The van der Waals surface area contributed by atoms with Gasteiger partial charge in [0.15, 0.2) is 5.82 Å². The summed E-state index contributed by atoms with van der Waals surface area (Å²) in [5, 5.41) is 9.20. The van der Waals surface area contributed by atoms with Gasteiger partial charge in [0.25, 0.3) is 0 Å². The number of nitrogens with zero attached hydrogens (tertiary/aromatic N) is 3. The van der Waals surface area contributed by atoms with Crippen molar-refractivity contribution in [3.8, 4) is 0 Å². The molecule has 1 aromatic carbocycles. The maximum Gasteiger partial charge on any atom is 0.341 e. The van der Waals surface area contributed by atoms with Crippen LogP contribution in [0.2, 0.25) is 0 Å². The zero-order valence-electron chi connectivity index (χ0n) is 10.5. The Labute approximate surface area is 119 Å². The fraction of sp³-hybridized carbons (Fsp3) is 0.154. The number of carbonyl (C=O) groups is 1. The minimum absolute atomic E-state index is 0.0730. The number of hydrogen-bond acceptors (Lipinski definition) is 4. The van der Waals surface area contributed by atoms with Gasteiger partial charge in [0.1, 0.15) is 11.4 Å². The van der Waals surface area contributed by atoms with E-state index in [0.29, 0.717) is 11.6 Å².